The van der Waals surface area contributed by atoms with Crippen molar-refractivity contribution in [3.63, 3.8) is 0 Å². The number of nitrogens with zero attached hydrogens (tertiary/aromatic N) is 5. The molecule has 150 valence electrons. The number of hydrogen-bond acceptors (Lipinski definition) is 8. The van der Waals surface area contributed by atoms with Crippen LogP contribution in [0.4, 0.5) is 0 Å². The van der Waals surface area contributed by atoms with Gasteiger partial charge in [-0.05, 0) is 25.5 Å². The zero-order valence-electron chi connectivity index (χ0n) is 16.4. The van der Waals surface area contributed by atoms with Gasteiger partial charge in [0.15, 0.2) is 0 Å². The van der Waals surface area contributed by atoms with E-state index in [1.54, 1.807) is 20.2 Å². The molecule has 1 aliphatic rings. The molecular formula is C20H21N5O4. The van der Waals surface area contributed by atoms with E-state index < -0.39 is 0 Å². The van der Waals surface area contributed by atoms with Crippen molar-refractivity contribution in [3.05, 3.63) is 52.5 Å². The molecule has 0 saturated heterocycles. The Kier molecular flexibility index (Phi) is 4.87. The van der Waals surface area contributed by atoms with E-state index >= 15 is 0 Å². The minimum atomic E-state index is -0.350. The highest BCUT2D eigenvalue weighted by molar-refractivity contribution is 5.71. The summed E-state index contributed by atoms with van der Waals surface area (Å²) in [5.74, 6) is 1.93. The van der Waals surface area contributed by atoms with E-state index in [4.69, 9.17) is 9.47 Å². The molecule has 3 aromatic heterocycles. The van der Waals surface area contributed by atoms with Crippen molar-refractivity contribution in [1.29, 1.82) is 0 Å². The van der Waals surface area contributed by atoms with E-state index in [-0.39, 0.29) is 17.0 Å². The highest BCUT2D eigenvalue weighted by atomic mass is 16.5. The van der Waals surface area contributed by atoms with Gasteiger partial charge in [-0.1, -0.05) is 0 Å². The topological polar surface area (TPSA) is 112 Å². The summed E-state index contributed by atoms with van der Waals surface area (Å²) in [5.41, 5.74) is 1.33. The molecule has 1 aliphatic carbocycles. The van der Waals surface area contributed by atoms with Crippen LogP contribution in [-0.4, -0.2) is 43.6 Å². The molecule has 0 bridgehead atoms. The lowest BCUT2D eigenvalue weighted by Gasteiger charge is -2.12. The standard InChI is InChI=1S/C20H21N5O4/c1-11-21-9-16(15-7-18(26)25(2)24-19(15)27)20(23-11)29-10-12-6-14(12)17-5-4-13(28-3)8-22-17/h4-5,7-9,12,14H,6,10H2,1-3H3,(H,24,27)/t12?,14-/m1/s1. The molecule has 1 fully saturated rings. The van der Waals surface area contributed by atoms with Crippen LogP contribution in [0.5, 0.6) is 17.5 Å². The molecule has 0 aliphatic heterocycles. The molecule has 0 radical (unpaired) electrons. The highest BCUT2D eigenvalue weighted by Crippen LogP contribution is 2.47. The Morgan fingerprint density at radius 2 is 2.07 bits per heavy atom. The Morgan fingerprint density at radius 1 is 1.24 bits per heavy atom. The van der Waals surface area contributed by atoms with Crippen molar-refractivity contribution >= 4 is 0 Å². The van der Waals surface area contributed by atoms with E-state index in [1.807, 2.05) is 12.1 Å². The van der Waals surface area contributed by atoms with Crippen LogP contribution < -0.4 is 15.0 Å². The number of methoxy groups -OCH3 is 1. The Bertz CT molecular complexity index is 1100. The van der Waals surface area contributed by atoms with Crippen LogP contribution in [0.3, 0.4) is 0 Å². The van der Waals surface area contributed by atoms with Gasteiger partial charge in [0.25, 0.3) is 5.56 Å². The normalized spacial score (nSPS) is 17.8. The van der Waals surface area contributed by atoms with Gasteiger partial charge in [0, 0.05) is 36.8 Å². The summed E-state index contributed by atoms with van der Waals surface area (Å²) in [7, 11) is 3.08. The molecule has 29 heavy (non-hydrogen) atoms. The number of aromatic hydroxyl groups is 1. The van der Waals surface area contributed by atoms with Gasteiger partial charge < -0.3 is 14.6 Å². The maximum atomic E-state index is 12.0. The molecule has 3 heterocycles. The van der Waals surface area contributed by atoms with Crippen LogP contribution in [0.2, 0.25) is 0 Å². The molecule has 3 aromatic rings. The second kappa shape index (κ2) is 7.50. The van der Waals surface area contributed by atoms with E-state index in [9.17, 15) is 9.90 Å². The molecule has 9 nitrogen and oxygen atoms in total. The average Bonchev–Trinajstić information content (AvgIpc) is 3.49. The predicted octanol–water partition coefficient (Wildman–Crippen LogP) is 1.84. The molecule has 2 atom stereocenters. The van der Waals surface area contributed by atoms with Crippen molar-refractivity contribution in [2.75, 3.05) is 13.7 Å². The first kappa shape index (κ1) is 18.9. The second-order valence-corrected chi connectivity index (χ2v) is 7.02. The summed E-state index contributed by atoms with van der Waals surface area (Å²) >= 11 is 0. The third-order valence-corrected chi connectivity index (χ3v) is 4.97. The molecule has 1 N–H and O–H groups in total. The zero-order chi connectivity index (χ0) is 20.5. The number of aromatic nitrogens is 5. The van der Waals surface area contributed by atoms with Crippen molar-refractivity contribution < 1.29 is 14.6 Å². The third kappa shape index (κ3) is 3.89. The summed E-state index contributed by atoms with van der Waals surface area (Å²) in [6.45, 7) is 2.20. The van der Waals surface area contributed by atoms with Gasteiger partial charge in [-0.2, -0.15) is 4.98 Å². The molecule has 0 spiro atoms. The maximum absolute atomic E-state index is 12.0. The summed E-state index contributed by atoms with van der Waals surface area (Å²) < 4.78 is 12.2. The quantitative estimate of drug-likeness (QED) is 0.673. The van der Waals surface area contributed by atoms with Crippen LogP contribution in [0.25, 0.3) is 11.1 Å². The molecule has 0 amide bonds. The molecule has 9 heteroatoms. The second-order valence-electron chi connectivity index (χ2n) is 7.02. The van der Waals surface area contributed by atoms with Gasteiger partial charge in [0.05, 0.1) is 31.0 Å². The molecule has 1 unspecified atom stereocenters. The summed E-state index contributed by atoms with van der Waals surface area (Å²) in [6.07, 6.45) is 4.21. The number of rotatable bonds is 6. The zero-order valence-corrected chi connectivity index (χ0v) is 16.4. The monoisotopic (exact) mass is 395 g/mol. The minimum Gasteiger partial charge on any atom is -0.495 e. The summed E-state index contributed by atoms with van der Waals surface area (Å²) in [5, 5.41) is 14.0. The van der Waals surface area contributed by atoms with Gasteiger partial charge in [-0.3, -0.25) is 9.78 Å². The lowest BCUT2D eigenvalue weighted by Crippen LogP contribution is -2.18. The van der Waals surface area contributed by atoms with Gasteiger partial charge in [-0.25, -0.2) is 9.67 Å². The number of aryl methyl sites for hydroxylation is 2. The third-order valence-electron chi connectivity index (χ3n) is 4.97. The Labute approximate surface area is 167 Å². The molecule has 0 aromatic carbocycles. The molecule has 1 saturated carbocycles. The van der Waals surface area contributed by atoms with Gasteiger partial charge >= 0.3 is 0 Å². The summed E-state index contributed by atoms with van der Waals surface area (Å²) in [4.78, 5) is 24.9. The van der Waals surface area contributed by atoms with Gasteiger partial charge in [0.1, 0.15) is 11.6 Å². The largest absolute Gasteiger partial charge is 0.495 e. The number of hydrogen-bond donors (Lipinski definition) is 1. The van der Waals surface area contributed by atoms with E-state index in [0.717, 1.165) is 22.5 Å². The fourth-order valence-corrected chi connectivity index (χ4v) is 3.18. The minimum absolute atomic E-state index is 0.243. The maximum Gasteiger partial charge on any atom is 0.267 e. The van der Waals surface area contributed by atoms with Gasteiger partial charge in [-0.15, -0.1) is 5.10 Å². The first-order valence-corrected chi connectivity index (χ1v) is 9.20. The van der Waals surface area contributed by atoms with Crippen molar-refractivity contribution in [3.8, 4) is 28.6 Å². The van der Waals surface area contributed by atoms with Crippen molar-refractivity contribution in [1.82, 2.24) is 24.7 Å². The summed E-state index contributed by atoms with van der Waals surface area (Å²) in [6, 6.07) is 5.16. The van der Waals surface area contributed by atoms with Crippen molar-refractivity contribution in [2.45, 2.75) is 19.3 Å². The average molecular weight is 395 g/mol. The first-order valence-electron chi connectivity index (χ1n) is 9.20. The smallest absolute Gasteiger partial charge is 0.267 e. The van der Waals surface area contributed by atoms with Crippen LogP contribution in [-0.2, 0) is 7.05 Å². The lowest BCUT2D eigenvalue weighted by molar-refractivity contribution is 0.285. The molecule has 4 rings (SSSR count). The number of ether oxygens (including phenoxy) is 2. The van der Waals surface area contributed by atoms with E-state index in [0.29, 0.717) is 35.7 Å². The Morgan fingerprint density at radius 3 is 2.79 bits per heavy atom. The predicted molar refractivity (Wildman–Crippen MR) is 104 cm³/mol. The van der Waals surface area contributed by atoms with Gasteiger partial charge in [0.2, 0.25) is 11.8 Å². The first-order chi connectivity index (χ1) is 14.0. The SMILES string of the molecule is COc1ccc([C@@H]2CC2COc2nc(C)ncc2-c2cc(=O)n(C)nc2O)nc1. The number of pyridine rings is 1. The van der Waals surface area contributed by atoms with E-state index in [1.165, 1.54) is 19.3 Å². The fourth-order valence-electron chi connectivity index (χ4n) is 3.18. The highest BCUT2D eigenvalue weighted by Gasteiger charge is 2.40. The fraction of sp³-hybridized carbons (Fsp3) is 0.350. The Hall–Kier alpha value is -3.49. The van der Waals surface area contributed by atoms with Crippen LogP contribution in [0.1, 0.15) is 23.9 Å². The van der Waals surface area contributed by atoms with E-state index in [2.05, 4.69) is 20.1 Å². The van der Waals surface area contributed by atoms with Crippen molar-refractivity contribution in [2.24, 2.45) is 13.0 Å². The van der Waals surface area contributed by atoms with Crippen LogP contribution >= 0.6 is 0 Å². The van der Waals surface area contributed by atoms with Crippen LogP contribution in [0.15, 0.2) is 35.4 Å². The van der Waals surface area contributed by atoms with Crippen LogP contribution in [0, 0.1) is 12.8 Å². The lowest BCUT2D eigenvalue weighted by atomic mass is 10.1. The Balaban J connectivity index is 1.52. The molecular weight excluding hydrogens is 374 g/mol.